The number of carboxylic acids is 1. The van der Waals surface area contributed by atoms with E-state index in [1.807, 2.05) is 0 Å². The third-order valence-electron chi connectivity index (χ3n) is 2.39. The second-order valence-electron chi connectivity index (χ2n) is 3.83. The Labute approximate surface area is 107 Å². The average Bonchev–Trinajstić information content (AvgIpc) is 2.26. The Morgan fingerprint density at radius 2 is 1.88 bits per heavy atom. The highest BCUT2D eigenvalue weighted by molar-refractivity contribution is 7.98. The molecule has 0 fully saturated rings. The van der Waals surface area contributed by atoms with Gasteiger partial charge in [0.25, 0.3) is 0 Å². The van der Waals surface area contributed by atoms with E-state index < -0.39 is 21.2 Å². The van der Waals surface area contributed by atoms with Gasteiger partial charge in [-0.1, -0.05) is 12.8 Å². The largest absolute Gasteiger partial charge is 0.480 e. The number of sulfonamides is 1. The minimum absolute atomic E-state index is 0.319. The van der Waals surface area contributed by atoms with Crippen molar-refractivity contribution in [2.45, 2.75) is 37.9 Å². The molecule has 1 unspecified atom stereocenters. The summed E-state index contributed by atoms with van der Waals surface area (Å²) >= 11 is 1.80. The summed E-state index contributed by atoms with van der Waals surface area (Å²) in [6.45, 7) is 1.49. The van der Waals surface area contributed by atoms with Gasteiger partial charge in [-0.05, 0) is 31.8 Å². The van der Waals surface area contributed by atoms with Gasteiger partial charge in [0.15, 0.2) is 5.25 Å². The number of carboxylic acid groups (broad SMARTS) is 1. The van der Waals surface area contributed by atoms with Crippen LogP contribution < -0.4 is 4.72 Å². The Morgan fingerprint density at radius 1 is 1.29 bits per heavy atom. The second kappa shape index (κ2) is 8.77. The lowest BCUT2D eigenvalue weighted by Gasteiger charge is -2.09. The van der Waals surface area contributed by atoms with Crippen molar-refractivity contribution in [1.82, 2.24) is 4.72 Å². The Bertz CT molecular complexity index is 316. The molecule has 0 aliphatic heterocycles. The number of unbranched alkanes of at least 4 members (excludes halogenated alkanes) is 3. The lowest BCUT2D eigenvalue weighted by atomic mass is 10.2. The lowest BCUT2D eigenvalue weighted by Crippen LogP contribution is -2.37. The molecule has 0 saturated carbocycles. The molecule has 102 valence electrons. The fourth-order valence-corrected chi connectivity index (χ4v) is 2.63. The van der Waals surface area contributed by atoms with Crippen LogP contribution in [0.25, 0.3) is 0 Å². The van der Waals surface area contributed by atoms with Crippen LogP contribution in [0.5, 0.6) is 0 Å². The topological polar surface area (TPSA) is 83.5 Å². The highest BCUT2D eigenvalue weighted by Gasteiger charge is 2.26. The lowest BCUT2D eigenvalue weighted by molar-refractivity contribution is -0.136. The Morgan fingerprint density at radius 3 is 2.41 bits per heavy atom. The van der Waals surface area contributed by atoms with Gasteiger partial charge in [0.05, 0.1) is 0 Å². The molecule has 0 bridgehead atoms. The molecule has 0 spiro atoms. The van der Waals surface area contributed by atoms with E-state index in [4.69, 9.17) is 5.11 Å². The van der Waals surface area contributed by atoms with E-state index in [9.17, 15) is 13.2 Å². The quantitative estimate of drug-likeness (QED) is 0.590. The van der Waals surface area contributed by atoms with Crippen molar-refractivity contribution in [3.8, 4) is 0 Å². The summed E-state index contributed by atoms with van der Waals surface area (Å²) in [7, 11) is -3.71. The molecule has 0 aromatic carbocycles. The third kappa shape index (κ3) is 7.62. The summed E-state index contributed by atoms with van der Waals surface area (Å²) in [5.74, 6) is -0.195. The Hall–Kier alpha value is -0.270. The number of hydrogen-bond acceptors (Lipinski definition) is 4. The highest BCUT2D eigenvalue weighted by atomic mass is 32.2. The summed E-state index contributed by atoms with van der Waals surface area (Å²) in [4.78, 5) is 10.5. The molecular formula is C10H21NO4S2. The van der Waals surface area contributed by atoms with Crippen molar-refractivity contribution in [1.29, 1.82) is 0 Å². The molecule has 17 heavy (non-hydrogen) atoms. The van der Waals surface area contributed by atoms with Crippen molar-refractivity contribution in [2.24, 2.45) is 0 Å². The van der Waals surface area contributed by atoms with Gasteiger partial charge in [-0.3, -0.25) is 4.79 Å². The normalized spacial score (nSPS) is 13.5. The van der Waals surface area contributed by atoms with Crippen LogP contribution in [-0.2, 0) is 14.8 Å². The maximum Gasteiger partial charge on any atom is 0.323 e. The molecule has 0 saturated heterocycles. The van der Waals surface area contributed by atoms with Crippen LogP contribution in [0, 0.1) is 0 Å². The van der Waals surface area contributed by atoms with Crippen LogP contribution in [0.4, 0.5) is 0 Å². The SMILES string of the molecule is CSCCCCCCNS(=O)(=O)C(C)C(=O)O. The third-order valence-corrected chi connectivity index (χ3v) is 4.83. The molecule has 7 heteroatoms. The second-order valence-corrected chi connectivity index (χ2v) is 6.90. The predicted molar refractivity (Wildman–Crippen MR) is 70.9 cm³/mol. The van der Waals surface area contributed by atoms with Gasteiger partial charge < -0.3 is 5.11 Å². The zero-order valence-corrected chi connectivity index (χ0v) is 11.9. The predicted octanol–water partition coefficient (Wildman–Crippen LogP) is 1.30. The van der Waals surface area contributed by atoms with Crippen molar-refractivity contribution < 1.29 is 18.3 Å². The van der Waals surface area contributed by atoms with Crippen LogP contribution in [0.3, 0.4) is 0 Å². The summed E-state index contributed by atoms with van der Waals surface area (Å²) in [6, 6.07) is 0. The number of nitrogens with one attached hydrogen (secondary N) is 1. The fourth-order valence-electron chi connectivity index (χ4n) is 1.20. The number of carbonyl (C=O) groups is 1. The molecule has 2 N–H and O–H groups in total. The van der Waals surface area contributed by atoms with Crippen LogP contribution >= 0.6 is 11.8 Å². The molecule has 0 heterocycles. The Balaban J connectivity index is 3.70. The molecule has 0 radical (unpaired) electrons. The van der Waals surface area contributed by atoms with E-state index in [0.29, 0.717) is 6.54 Å². The Kier molecular flexibility index (Phi) is 8.63. The minimum atomic E-state index is -3.71. The molecule has 5 nitrogen and oxygen atoms in total. The van der Waals surface area contributed by atoms with Crippen molar-refractivity contribution in [3.63, 3.8) is 0 Å². The van der Waals surface area contributed by atoms with Crippen LogP contribution in [0.15, 0.2) is 0 Å². The standard InChI is InChI=1S/C10H21NO4S2/c1-9(10(12)13)17(14,15)11-7-5-3-4-6-8-16-2/h9,11H,3-8H2,1-2H3,(H,12,13). The number of thioether (sulfide) groups is 1. The average molecular weight is 283 g/mol. The van der Waals surface area contributed by atoms with E-state index >= 15 is 0 Å². The van der Waals surface area contributed by atoms with Crippen LogP contribution in [0.1, 0.15) is 32.6 Å². The van der Waals surface area contributed by atoms with Crippen molar-refractivity contribution in [3.05, 3.63) is 0 Å². The van der Waals surface area contributed by atoms with Gasteiger partial charge >= 0.3 is 5.97 Å². The first kappa shape index (κ1) is 16.7. The van der Waals surface area contributed by atoms with Gasteiger partial charge in [0, 0.05) is 6.54 Å². The van der Waals surface area contributed by atoms with E-state index in [-0.39, 0.29) is 0 Å². The van der Waals surface area contributed by atoms with Gasteiger partial charge in [-0.2, -0.15) is 11.8 Å². The molecule has 0 amide bonds. The molecule has 1 atom stereocenters. The van der Waals surface area contributed by atoms with Gasteiger partial charge in [-0.15, -0.1) is 0 Å². The van der Waals surface area contributed by atoms with Gasteiger partial charge in [-0.25, -0.2) is 13.1 Å². The summed E-state index contributed by atoms with van der Waals surface area (Å²) in [5.41, 5.74) is 0. The van der Waals surface area contributed by atoms with Crippen LogP contribution in [0.2, 0.25) is 0 Å². The first-order valence-corrected chi connectivity index (χ1v) is 8.56. The maximum atomic E-state index is 11.4. The molecule has 0 aromatic heterocycles. The van der Waals surface area contributed by atoms with Crippen LogP contribution in [-0.4, -0.2) is 43.3 Å². The number of aliphatic carboxylic acids is 1. The summed E-state index contributed by atoms with van der Waals surface area (Å²) in [6.07, 6.45) is 5.99. The zero-order chi connectivity index (χ0) is 13.3. The van der Waals surface area contributed by atoms with E-state index in [1.165, 1.54) is 6.92 Å². The molecule has 0 rings (SSSR count). The zero-order valence-electron chi connectivity index (χ0n) is 10.3. The molecule has 0 aliphatic carbocycles. The summed E-state index contributed by atoms with van der Waals surface area (Å²) in [5, 5.41) is 7.21. The van der Waals surface area contributed by atoms with E-state index in [2.05, 4.69) is 11.0 Å². The molecular weight excluding hydrogens is 262 g/mol. The van der Waals surface area contributed by atoms with E-state index in [0.717, 1.165) is 31.4 Å². The number of hydrogen-bond donors (Lipinski definition) is 2. The highest BCUT2D eigenvalue weighted by Crippen LogP contribution is 2.05. The smallest absolute Gasteiger partial charge is 0.323 e. The molecule has 0 aliphatic rings. The first-order chi connectivity index (χ1) is 7.91. The first-order valence-electron chi connectivity index (χ1n) is 5.62. The maximum absolute atomic E-state index is 11.4. The fraction of sp³-hybridized carbons (Fsp3) is 0.900. The molecule has 0 aromatic rings. The number of rotatable bonds is 10. The summed E-state index contributed by atoms with van der Waals surface area (Å²) < 4.78 is 25.1. The van der Waals surface area contributed by atoms with Crippen molar-refractivity contribution in [2.75, 3.05) is 18.6 Å². The van der Waals surface area contributed by atoms with Crippen molar-refractivity contribution >= 4 is 27.8 Å². The monoisotopic (exact) mass is 283 g/mol. The van der Waals surface area contributed by atoms with Gasteiger partial charge in [0.1, 0.15) is 0 Å². The van der Waals surface area contributed by atoms with E-state index in [1.54, 1.807) is 11.8 Å². The minimum Gasteiger partial charge on any atom is -0.480 e. The van der Waals surface area contributed by atoms with Gasteiger partial charge in [0.2, 0.25) is 10.0 Å².